The Kier molecular flexibility index (Phi) is 7.92. The molecule has 0 radical (unpaired) electrons. The smallest absolute Gasteiger partial charge is 0.219 e. The lowest BCUT2D eigenvalue weighted by Crippen LogP contribution is -2.53. The third-order valence-electron chi connectivity index (χ3n) is 6.22. The molecule has 2 aliphatic heterocycles. The molecular weight excluding hydrogens is 362 g/mol. The Labute approximate surface area is 176 Å². The van der Waals surface area contributed by atoms with Gasteiger partial charge in [-0.3, -0.25) is 14.7 Å². The molecule has 0 bridgehead atoms. The van der Waals surface area contributed by atoms with Crippen LogP contribution in [0.15, 0.2) is 35.3 Å². The second-order valence-corrected chi connectivity index (χ2v) is 8.33. The number of hydrogen-bond acceptors (Lipinski definition) is 3. The second kappa shape index (κ2) is 10.6. The van der Waals surface area contributed by atoms with Gasteiger partial charge in [-0.1, -0.05) is 37.3 Å². The van der Waals surface area contributed by atoms with Crippen LogP contribution in [0.3, 0.4) is 0 Å². The highest BCUT2D eigenvalue weighted by Gasteiger charge is 2.26. The summed E-state index contributed by atoms with van der Waals surface area (Å²) in [6, 6.07) is 11.1. The van der Waals surface area contributed by atoms with Crippen molar-refractivity contribution in [1.29, 1.82) is 0 Å². The molecule has 2 saturated heterocycles. The SMILES string of the molecule is CCNC(=NCC(c1ccccc1)N1CCC(C)CC1)N1CCN(C(C)=O)CC1. The lowest BCUT2D eigenvalue weighted by atomic mass is 9.96. The monoisotopic (exact) mass is 399 g/mol. The molecule has 3 rings (SSSR count). The highest BCUT2D eigenvalue weighted by Crippen LogP contribution is 2.27. The number of nitrogens with one attached hydrogen (secondary N) is 1. The second-order valence-electron chi connectivity index (χ2n) is 8.33. The number of piperidine rings is 1. The maximum atomic E-state index is 11.6. The molecule has 6 heteroatoms. The third kappa shape index (κ3) is 5.95. The fourth-order valence-corrected chi connectivity index (χ4v) is 4.28. The van der Waals surface area contributed by atoms with Crippen LogP contribution in [-0.2, 0) is 4.79 Å². The van der Waals surface area contributed by atoms with Crippen molar-refractivity contribution in [2.75, 3.05) is 52.4 Å². The first-order valence-corrected chi connectivity index (χ1v) is 11.2. The molecule has 1 aromatic carbocycles. The Bertz CT molecular complexity index is 661. The summed E-state index contributed by atoms with van der Waals surface area (Å²) in [5.41, 5.74) is 1.35. The average Bonchev–Trinajstić information content (AvgIpc) is 2.75. The van der Waals surface area contributed by atoms with Gasteiger partial charge in [-0.25, -0.2) is 0 Å². The van der Waals surface area contributed by atoms with E-state index in [2.05, 4.69) is 59.3 Å². The summed E-state index contributed by atoms with van der Waals surface area (Å²) in [5, 5.41) is 3.47. The Morgan fingerprint density at radius 3 is 2.28 bits per heavy atom. The predicted octanol–water partition coefficient (Wildman–Crippen LogP) is 2.59. The van der Waals surface area contributed by atoms with Crippen molar-refractivity contribution in [1.82, 2.24) is 20.0 Å². The number of nitrogens with zero attached hydrogens (tertiary/aromatic N) is 4. The van der Waals surface area contributed by atoms with Crippen molar-refractivity contribution in [3.05, 3.63) is 35.9 Å². The quantitative estimate of drug-likeness (QED) is 0.611. The minimum atomic E-state index is 0.162. The number of likely N-dealkylation sites (tertiary alicyclic amines) is 1. The number of piperazine rings is 1. The van der Waals surface area contributed by atoms with Crippen molar-refractivity contribution in [3.63, 3.8) is 0 Å². The molecule has 1 atom stereocenters. The molecule has 2 aliphatic rings. The fourth-order valence-electron chi connectivity index (χ4n) is 4.28. The number of rotatable bonds is 5. The first kappa shape index (κ1) is 21.6. The molecule has 6 nitrogen and oxygen atoms in total. The van der Waals surface area contributed by atoms with Crippen LogP contribution in [0.4, 0.5) is 0 Å². The highest BCUT2D eigenvalue weighted by atomic mass is 16.2. The predicted molar refractivity (Wildman–Crippen MR) is 119 cm³/mol. The molecular formula is C23H37N5O. The molecule has 1 aromatic rings. The van der Waals surface area contributed by atoms with E-state index in [4.69, 9.17) is 4.99 Å². The van der Waals surface area contributed by atoms with Gasteiger partial charge in [0, 0.05) is 39.6 Å². The van der Waals surface area contributed by atoms with E-state index < -0.39 is 0 Å². The van der Waals surface area contributed by atoms with Crippen LogP contribution in [0, 0.1) is 5.92 Å². The van der Waals surface area contributed by atoms with Gasteiger partial charge in [-0.15, -0.1) is 0 Å². The Morgan fingerprint density at radius 2 is 1.69 bits per heavy atom. The van der Waals surface area contributed by atoms with E-state index in [1.54, 1.807) is 6.92 Å². The summed E-state index contributed by atoms with van der Waals surface area (Å²) in [5.74, 6) is 1.96. The first-order chi connectivity index (χ1) is 14.1. The summed E-state index contributed by atoms with van der Waals surface area (Å²) in [4.78, 5) is 23.5. The van der Waals surface area contributed by atoms with Crippen LogP contribution in [0.5, 0.6) is 0 Å². The van der Waals surface area contributed by atoms with E-state index >= 15 is 0 Å². The van der Waals surface area contributed by atoms with Gasteiger partial charge in [0.15, 0.2) is 5.96 Å². The van der Waals surface area contributed by atoms with Gasteiger partial charge in [-0.2, -0.15) is 0 Å². The number of hydrogen-bond donors (Lipinski definition) is 1. The molecule has 1 N–H and O–H groups in total. The highest BCUT2D eigenvalue weighted by molar-refractivity contribution is 5.80. The van der Waals surface area contributed by atoms with Gasteiger partial charge in [-0.05, 0) is 44.3 Å². The molecule has 1 amide bonds. The number of aliphatic imine (C=N–C) groups is 1. The van der Waals surface area contributed by atoms with E-state index in [1.807, 2.05) is 4.90 Å². The van der Waals surface area contributed by atoms with E-state index in [9.17, 15) is 4.79 Å². The molecule has 2 heterocycles. The molecule has 1 unspecified atom stereocenters. The molecule has 29 heavy (non-hydrogen) atoms. The number of carbonyl (C=O) groups is 1. The van der Waals surface area contributed by atoms with Crippen LogP contribution in [0.25, 0.3) is 0 Å². The largest absolute Gasteiger partial charge is 0.357 e. The van der Waals surface area contributed by atoms with Gasteiger partial charge in [0.2, 0.25) is 5.91 Å². The minimum Gasteiger partial charge on any atom is -0.357 e. The summed E-state index contributed by atoms with van der Waals surface area (Å²) < 4.78 is 0. The molecule has 0 aromatic heterocycles. The summed E-state index contributed by atoms with van der Waals surface area (Å²) in [7, 11) is 0. The van der Waals surface area contributed by atoms with Crippen LogP contribution < -0.4 is 5.32 Å². The summed E-state index contributed by atoms with van der Waals surface area (Å²) in [6.07, 6.45) is 2.53. The van der Waals surface area contributed by atoms with Crippen LogP contribution in [-0.4, -0.2) is 78.9 Å². The maximum Gasteiger partial charge on any atom is 0.219 e. The van der Waals surface area contributed by atoms with E-state index in [-0.39, 0.29) is 5.91 Å². The van der Waals surface area contributed by atoms with Crippen molar-refractivity contribution < 1.29 is 4.79 Å². The van der Waals surface area contributed by atoms with Gasteiger partial charge in [0.1, 0.15) is 0 Å². The van der Waals surface area contributed by atoms with Crippen molar-refractivity contribution in [2.45, 2.75) is 39.7 Å². The van der Waals surface area contributed by atoms with Crippen molar-refractivity contribution >= 4 is 11.9 Å². The summed E-state index contributed by atoms with van der Waals surface area (Å²) >= 11 is 0. The fraction of sp³-hybridized carbons (Fsp3) is 0.652. The molecule has 160 valence electrons. The maximum absolute atomic E-state index is 11.6. The zero-order valence-electron chi connectivity index (χ0n) is 18.3. The van der Waals surface area contributed by atoms with E-state index in [0.29, 0.717) is 6.04 Å². The van der Waals surface area contributed by atoms with Crippen molar-refractivity contribution in [3.8, 4) is 0 Å². The number of amides is 1. The topological polar surface area (TPSA) is 51.2 Å². The van der Waals surface area contributed by atoms with Crippen molar-refractivity contribution in [2.24, 2.45) is 10.9 Å². The first-order valence-electron chi connectivity index (χ1n) is 11.2. The number of carbonyl (C=O) groups excluding carboxylic acids is 1. The molecule has 2 fully saturated rings. The summed E-state index contributed by atoms with van der Waals surface area (Å²) in [6.45, 7) is 13.2. The minimum absolute atomic E-state index is 0.162. The van der Waals surface area contributed by atoms with Gasteiger partial charge in [0.05, 0.1) is 12.6 Å². The van der Waals surface area contributed by atoms with Crippen LogP contribution >= 0.6 is 0 Å². The zero-order chi connectivity index (χ0) is 20.6. The normalized spacial score (nSPS) is 20.6. The molecule has 0 aliphatic carbocycles. The molecule has 0 spiro atoms. The Balaban J connectivity index is 1.72. The number of guanidine groups is 1. The zero-order valence-corrected chi connectivity index (χ0v) is 18.3. The van der Waals surface area contributed by atoms with E-state index in [0.717, 1.165) is 64.2 Å². The standard InChI is InChI=1S/C23H37N5O/c1-4-24-23(28-16-14-26(15-17-28)20(3)29)25-18-22(21-8-6-5-7-9-21)27-12-10-19(2)11-13-27/h5-9,19,22H,4,10-18H2,1-3H3,(H,24,25). The van der Waals surface area contributed by atoms with Gasteiger partial charge in [0.25, 0.3) is 0 Å². The third-order valence-corrected chi connectivity index (χ3v) is 6.22. The lowest BCUT2D eigenvalue weighted by Gasteiger charge is -2.38. The van der Waals surface area contributed by atoms with Gasteiger partial charge >= 0.3 is 0 Å². The van der Waals surface area contributed by atoms with Crippen LogP contribution in [0.2, 0.25) is 0 Å². The lowest BCUT2D eigenvalue weighted by molar-refractivity contribution is -0.130. The average molecular weight is 400 g/mol. The number of benzene rings is 1. The van der Waals surface area contributed by atoms with E-state index in [1.165, 1.54) is 18.4 Å². The van der Waals surface area contributed by atoms with Crippen LogP contribution in [0.1, 0.15) is 45.2 Å². The Morgan fingerprint density at radius 1 is 1.07 bits per heavy atom. The van der Waals surface area contributed by atoms with Gasteiger partial charge < -0.3 is 15.1 Å². The molecule has 0 saturated carbocycles. The Hall–Kier alpha value is -2.08.